The van der Waals surface area contributed by atoms with E-state index in [1.54, 1.807) is 19.2 Å². The van der Waals surface area contributed by atoms with Gasteiger partial charge in [-0.25, -0.2) is 9.97 Å². The van der Waals surface area contributed by atoms with E-state index in [0.717, 1.165) is 50.5 Å². The van der Waals surface area contributed by atoms with E-state index >= 15 is 0 Å². The fourth-order valence-electron chi connectivity index (χ4n) is 3.96. The summed E-state index contributed by atoms with van der Waals surface area (Å²) >= 11 is 0. The molecule has 5 rings (SSSR count). The highest BCUT2D eigenvalue weighted by Gasteiger charge is 2.15. The standard InChI is InChI=1S/C26H21N5O2/c1-27-25-14-26(29-16-28-25)31-15-23(19-4-3-5-20(12-19)30-32)22-11-8-18(13-24(22)31)17-6-9-21(33-2)10-7-17/h3-16H,1-2H3,(H,27,28,29). The van der Waals surface area contributed by atoms with Gasteiger partial charge >= 0.3 is 0 Å². The van der Waals surface area contributed by atoms with Gasteiger partial charge in [-0.15, -0.1) is 4.91 Å². The van der Waals surface area contributed by atoms with Crippen molar-refractivity contribution >= 4 is 22.4 Å². The predicted octanol–water partition coefficient (Wildman–Crippen LogP) is 6.20. The SMILES string of the molecule is CNc1cc(-n2cc(-c3cccc(N=O)c3)c3ccc(-c4ccc(OC)cc4)cc32)ncn1. The van der Waals surface area contributed by atoms with Crippen molar-refractivity contribution in [3.63, 3.8) is 0 Å². The zero-order chi connectivity index (χ0) is 22.8. The van der Waals surface area contributed by atoms with Crippen LogP contribution in [0.3, 0.4) is 0 Å². The van der Waals surface area contributed by atoms with E-state index in [4.69, 9.17) is 4.74 Å². The number of aromatic nitrogens is 3. The number of benzene rings is 3. The van der Waals surface area contributed by atoms with Crippen molar-refractivity contribution in [1.82, 2.24) is 14.5 Å². The first-order valence-corrected chi connectivity index (χ1v) is 10.4. The van der Waals surface area contributed by atoms with Crippen molar-refractivity contribution in [3.8, 4) is 33.8 Å². The Morgan fingerprint density at radius 2 is 1.73 bits per heavy atom. The first-order valence-electron chi connectivity index (χ1n) is 10.4. The molecule has 1 N–H and O–H groups in total. The molecule has 0 aliphatic carbocycles. The predicted molar refractivity (Wildman–Crippen MR) is 131 cm³/mol. The number of fused-ring (bicyclic) bond motifs is 1. The Kier molecular flexibility index (Phi) is 5.28. The first-order chi connectivity index (χ1) is 16.2. The summed E-state index contributed by atoms with van der Waals surface area (Å²) in [5.41, 5.74) is 5.43. The second kappa shape index (κ2) is 8.55. The van der Waals surface area contributed by atoms with Crippen LogP contribution in [0.4, 0.5) is 11.5 Å². The third kappa shape index (κ3) is 3.80. The van der Waals surface area contributed by atoms with Gasteiger partial charge in [0.2, 0.25) is 0 Å². The summed E-state index contributed by atoms with van der Waals surface area (Å²) in [6.07, 6.45) is 3.57. The molecule has 3 aromatic carbocycles. The van der Waals surface area contributed by atoms with Crippen LogP contribution in [0.15, 0.2) is 90.5 Å². The van der Waals surface area contributed by atoms with E-state index in [2.05, 4.69) is 38.7 Å². The van der Waals surface area contributed by atoms with Gasteiger partial charge in [0, 0.05) is 30.3 Å². The molecule has 162 valence electrons. The molecule has 0 unspecified atom stereocenters. The van der Waals surface area contributed by atoms with Gasteiger partial charge in [0.25, 0.3) is 0 Å². The minimum atomic E-state index is 0.391. The average Bonchev–Trinajstić information content (AvgIpc) is 3.28. The highest BCUT2D eigenvalue weighted by molar-refractivity contribution is 5.99. The smallest absolute Gasteiger partial charge is 0.142 e. The molecule has 0 spiro atoms. The summed E-state index contributed by atoms with van der Waals surface area (Å²) in [4.78, 5) is 19.8. The molecule has 0 saturated carbocycles. The molecule has 7 nitrogen and oxygen atoms in total. The summed E-state index contributed by atoms with van der Waals surface area (Å²) in [7, 11) is 3.48. The van der Waals surface area contributed by atoms with Gasteiger partial charge in [-0.3, -0.25) is 0 Å². The van der Waals surface area contributed by atoms with Crippen molar-refractivity contribution in [2.45, 2.75) is 0 Å². The highest BCUT2D eigenvalue weighted by atomic mass is 16.5. The lowest BCUT2D eigenvalue weighted by Gasteiger charge is -2.08. The lowest BCUT2D eigenvalue weighted by molar-refractivity contribution is 0.415. The van der Waals surface area contributed by atoms with Gasteiger partial charge < -0.3 is 14.6 Å². The van der Waals surface area contributed by atoms with E-state index in [1.165, 1.54) is 6.33 Å². The highest BCUT2D eigenvalue weighted by Crippen LogP contribution is 2.36. The minimum Gasteiger partial charge on any atom is -0.497 e. The Balaban J connectivity index is 1.73. The second-order valence-corrected chi connectivity index (χ2v) is 7.53. The summed E-state index contributed by atoms with van der Waals surface area (Å²) in [6.45, 7) is 0. The molecule has 0 bridgehead atoms. The molecule has 0 atom stereocenters. The van der Waals surface area contributed by atoms with Crippen LogP contribution in [0, 0.1) is 4.91 Å². The van der Waals surface area contributed by atoms with Gasteiger partial charge in [-0.05, 0) is 52.2 Å². The molecule has 0 radical (unpaired) electrons. The van der Waals surface area contributed by atoms with Crippen LogP contribution in [0.2, 0.25) is 0 Å². The van der Waals surface area contributed by atoms with E-state index in [-0.39, 0.29) is 0 Å². The molecule has 0 fully saturated rings. The summed E-state index contributed by atoms with van der Waals surface area (Å²) in [5, 5.41) is 7.20. The monoisotopic (exact) mass is 435 g/mol. The fourth-order valence-corrected chi connectivity index (χ4v) is 3.96. The summed E-state index contributed by atoms with van der Waals surface area (Å²) in [6, 6.07) is 23.5. The molecule has 7 heteroatoms. The number of nitrogens with zero attached hydrogens (tertiary/aromatic N) is 4. The maximum absolute atomic E-state index is 11.1. The first kappa shape index (κ1) is 20.4. The van der Waals surface area contributed by atoms with Gasteiger partial charge in [0.1, 0.15) is 29.4 Å². The molecular formula is C26H21N5O2. The molecule has 0 saturated heterocycles. The van der Waals surface area contributed by atoms with Crippen LogP contribution < -0.4 is 10.1 Å². The number of nitroso groups, excluding NO2 is 1. The molecule has 5 aromatic rings. The summed E-state index contributed by atoms with van der Waals surface area (Å²) in [5.74, 6) is 2.28. The van der Waals surface area contributed by atoms with E-state index in [9.17, 15) is 4.91 Å². The molecule has 33 heavy (non-hydrogen) atoms. The number of hydrogen-bond acceptors (Lipinski definition) is 6. The quantitative estimate of drug-likeness (QED) is 0.321. The van der Waals surface area contributed by atoms with Crippen molar-refractivity contribution in [2.24, 2.45) is 5.18 Å². The maximum atomic E-state index is 11.1. The Labute approximate surface area is 190 Å². The van der Waals surface area contributed by atoms with Crippen LogP contribution in [0.1, 0.15) is 0 Å². The molecule has 2 aromatic heterocycles. The maximum Gasteiger partial charge on any atom is 0.142 e. The number of ether oxygens (including phenoxy) is 1. The van der Waals surface area contributed by atoms with Crippen molar-refractivity contribution in [3.05, 3.63) is 90.2 Å². The Morgan fingerprint density at radius 1 is 0.909 bits per heavy atom. The number of rotatable bonds is 6. The van der Waals surface area contributed by atoms with E-state index in [0.29, 0.717) is 5.69 Å². The van der Waals surface area contributed by atoms with Gasteiger partial charge in [0.15, 0.2) is 0 Å². The fraction of sp³-hybridized carbons (Fsp3) is 0.0769. The van der Waals surface area contributed by atoms with Crippen LogP contribution in [-0.2, 0) is 0 Å². The second-order valence-electron chi connectivity index (χ2n) is 7.53. The Bertz CT molecular complexity index is 1460. The number of hydrogen-bond donors (Lipinski definition) is 1. The van der Waals surface area contributed by atoms with Crippen molar-refractivity contribution in [2.75, 3.05) is 19.5 Å². The molecule has 0 aliphatic rings. The van der Waals surface area contributed by atoms with Crippen molar-refractivity contribution < 1.29 is 4.74 Å². The van der Waals surface area contributed by atoms with Gasteiger partial charge in [-0.1, -0.05) is 36.4 Å². The van der Waals surface area contributed by atoms with Crippen LogP contribution in [0.25, 0.3) is 39.0 Å². The van der Waals surface area contributed by atoms with Crippen LogP contribution in [-0.4, -0.2) is 28.7 Å². The number of nitrogens with one attached hydrogen (secondary N) is 1. The molecule has 2 heterocycles. The van der Waals surface area contributed by atoms with Gasteiger partial charge in [-0.2, -0.15) is 0 Å². The van der Waals surface area contributed by atoms with Crippen molar-refractivity contribution in [1.29, 1.82) is 0 Å². The van der Waals surface area contributed by atoms with E-state index in [1.807, 2.05) is 60.3 Å². The van der Waals surface area contributed by atoms with Crippen LogP contribution >= 0.6 is 0 Å². The number of anilines is 1. The molecule has 0 aliphatic heterocycles. The Hall–Kier alpha value is -4.52. The third-order valence-corrected chi connectivity index (χ3v) is 5.65. The summed E-state index contributed by atoms with van der Waals surface area (Å²) < 4.78 is 7.33. The lowest BCUT2D eigenvalue weighted by Crippen LogP contribution is -2.00. The third-order valence-electron chi connectivity index (χ3n) is 5.65. The average molecular weight is 435 g/mol. The van der Waals surface area contributed by atoms with E-state index < -0.39 is 0 Å². The largest absolute Gasteiger partial charge is 0.497 e. The number of methoxy groups -OCH3 is 1. The minimum absolute atomic E-state index is 0.391. The topological polar surface area (TPSA) is 81.4 Å². The van der Waals surface area contributed by atoms with Gasteiger partial charge in [0.05, 0.1) is 12.6 Å². The zero-order valence-electron chi connectivity index (χ0n) is 18.2. The molecule has 0 amide bonds. The molecular weight excluding hydrogens is 414 g/mol. The lowest BCUT2D eigenvalue weighted by atomic mass is 10.0. The normalized spacial score (nSPS) is 10.8. The van der Waals surface area contributed by atoms with Crippen LogP contribution in [0.5, 0.6) is 5.75 Å². The Morgan fingerprint density at radius 3 is 2.48 bits per heavy atom. The zero-order valence-corrected chi connectivity index (χ0v) is 18.2.